The van der Waals surface area contributed by atoms with E-state index in [1.165, 1.54) is 0 Å². The van der Waals surface area contributed by atoms with Gasteiger partial charge in [-0.2, -0.15) is 5.10 Å². The summed E-state index contributed by atoms with van der Waals surface area (Å²) in [7, 11) is 0. The molecule has 5 nitrogen and oxygen atoms in total. The summed E-state index contributed by atoms with van der Waals surface area (Å²) in [4.78, 5) is 12.0. The van der Waals surface area contributed by atoms with Crippen molar-refractivity contribution in [1.82, 2.24) is 5.43 Å². The van der Waals surface area contributed by atoms with Gasteiger partial charge in [0.2, 0.25) is 0 Å². The highest BCUT2D eigenvalue weighted by Crippen LogP contribution is 2.23. The number of benzene rings is 3. The summed E-state index contributed by atoms with van der Waals surface area (Å²) >= 11 is 3.45. The van der Waals surface area contributed by atoms with Gasteiger partial charge in [0, 0.05) is 10.0 Å². The standard InChI is InChI=1S/C24H23BrN2O3/c1-17-10-18(2)12-22(11-17)29-16-24(28)27-26-14-20-13-21(25)8-9-23(20)30-15-19-6-4-3-5-7-19/h3-14H,15-16H2,1-2H3,(H,27,28). The fourth-order valence-corrected chi connectivity index (χ4v) is 3.24. The van der Waals surface area contributed by atoms with Crippen LogP contribution in [-0.2, 0) is 11.4 Å². The number of aryl methyl sites for hydroxylation is 2. The second kappa shape index (κ2) is 10.6. The van der Waals surface area contributed by atoms with Gasteiger partial charge in [0.25, 0.3) is 5.91 Å². The highest BCUT2D eigenvalue weighted by Gasteiger charge is 2.05. The maximum Gasteiger partial charge on any atom is 0.277 e. The predicted molar refractivity (Wildman–Crippen MR) is 122 cm³/mol. The molecule has 0 heterocycles. The van der Waals surface area contributed by atoms with Gasteiger partial charge in [0.1, 0.15) is 18.1 Å². The summed E-state index contributed by atoms with van der Waals surface area (Å²) in [6.45, 7) is 4.30. The molecule has 0 bridgehead atoms. The van der Waals surface area contributed by atoms with Gasteiger partial charge in [-0.1, -0.05) is 52.3 Å². The predicted octanol–water partition coefficient (Wildman–Crippen LogP) is 5.17. The number of carbonyl (C=O) groups excluding carboxylic acids is 1. The van der Waals surface area contributed by atoms with E-state index >= 15 is 0 Å². The lowest BCUT2D eigenvalue weighted by Gasteiger charge is -2.10. The fraction of sp³-hybridized carbons (Fsp3) is 0.167. The van der Waals surface area contributed by atoms with Crippen molar-refractivity contribution in [3.05, 3.63) is 93.5 Å². The van der Waals surface area contributed by atoms with Gasteiger partial charge in [-0.25, -0.2) is 5.43 Å². The first-order valence-corrected chi connectivity index (χ1v) is 10.3. The summed E-state index contributed by atoms with van der Waals surface area (Å²) < 4.78 is 12.3. The van der Waals surface area contributed by atoms with Crippen LogP contribution in [0.1, 0.15) is 22.3 Å². The zero-order valence-corrected chi connectivity index (χ0v) is 18.5. The Balaban J connectivity index is 1.56. The lowest BCUT2D eigenvalue weighted by molar-refractivity contribution is -0.123. The molecule has 30 heavy (non-hydrogen) atoms. The lowest BCUT2D eigenvalue weighted by Crippen LogP contribution is -2.24. The van der Waals surface area contributed by atoms with Crippen LogP contribution in [0.25, 0.3) is 0 Å². The van der Waals surface area contributed by atoms with Gasteiger partial charge >= 0.3 is 0 Å². The van der Waals surface area contributed by atoms with Crippen molar-refractivity contribution in [3.63, 3.8) is 0 Å². The van der Waals surface area contributed by atoms with Crippen LogP contribution >= 0.6 is 15.9 Å². The number of hydrogen-bond acceptors (Lipinski definition) is 4. The molecule has 3 rings (SSSR count). The topological polar surface area (TPSA) is 59.9 Å². The van der Waals surface area contributed by atoms with E-state index in [4.69, 9.17) is 9.47 Å². The minimum Gasteiger partial charge on any atom is -0.488 e. The summed E-state index contributed by atoms with van der Waals surface area (Å²) in [5.74, 6) is 0.994. The molecule has 0 saturated heterocycles. The number of hydrazone groups is 1. The molecule has 0 aliphatic heterocycles. The average molecular weight is 467 g/mol. The van der Waals surface area contributed by atoms with Crippen LogP contribution < -0.4 is 14.9 Å². The zero-order valence-electron chi connectivity index (χ0n) is 16.9. The number of nitrogens with zero attached hydrogens (tertiary/aromatic N) is 1. The van der Waals surface area contributed by atoms with Gasteiger partial charge in [0.15, 0.2) is 6.61 Å². The van der Waals surface area contributed by atoms with Gasteiger partial charge in [0.05, 0.1) is 6.21 Å². The lowest BCUT2D eigenvalue weighted by atomic mass is 10.1. The maximum absolute atomic E-state index is 12.0. The Kier molecular flexibility index (Phi) is 7.63. The molecule has 0 spiro atoms. The Bertz CT molecular complexity index is 1020. The van der Waals surface area contributed by atoms with Crippen molar-refractivity contribution in [2.75, 3.05) is 6.61 Å². The molecule has 0 aliphatic carbocycles. The monoisotopic (exact) mass is 466 g/mol. The van der Waals surface area contributed by atoms with Crippen LogP contribution in [0, 0.1) is 13.8 Å². The number of rotatable bonds is 8. The molecule has 0 unspecified atom stereocenters. The normalized spacial score (nSPS) is 10.8. The molecule has 154 valence electrons. The zero-order chi connectivity index (χ0) is 21.3. The van der Waals surface area contributed by atoms with Gasteiger partial charge < -0.3 is 9.47 Å². The number of nitrogens with one attached hydrogen (secondary N) is 1. The average Bonchev–Trinajstić information content (AvgIpc) is 2.72. The third-order valence-corrected chi connectivity index (χ3v) is 4.66. The summed E-state index contributed by atoms with van der Waals surface area (Å²) in [5, 5.41) is 4.04. The first kappa shape index (κ1) is 21.6. The van der Waals surface area contributed by atoms with Crippen molar-refractivity contribution >= 4 is 28.1 Å². The highest BCUT2D eigenvalue weighted by molar-refractivity contribution is 9.10. The molecule has 0 aliphatic rings. The SMILES string of the molecule is Cc1cc(C)cc(OCC(=O)NN=Cc2cc(Br)ccc2OCc2ccccc2)c1. The molecule has 0 radical (unpaired) electrons. The Morgan fingerprint density at radius 1 is 1.00 bits per heavy atom. The number of hydrogen-bond donors (Lipinski definition) is 1. The van der Waals surface area contributed by atoms with Crippen LogP contribution in [-0.4, -0.2) is 18.7 Å². The van der Waals surface area contributed by atoms with E-state index in [0.717, 1.165) is 26.7 Å². The van der Waals surface area contributed by atoms with Crippen molar-refractivity contribution in [3.8, 4) is 11.5 Å². The molecule has 6 heteroatoms. The first-order valence-electron chi connectivity index (χ1n) is 9.49. The van der Waals surface area contributed by atoms with Crippen molar-refractivity contribution in [2.24, 2.45) is 5.10 Å². The molecule has 0 saturated carbocycles. The quantitative estimate of drug-likeness (QED) is 0.367. The number of carbonyl (C=O) groups is 1. The Morgan fingerprint density at radius 3 is 2.47 bits per heavy atom. The largest absolute Gasteiger partial charge is 0.488 e. The Labute approximate surface area is 184 Å². The Hall–Kier alpha value is -3.12. The van der Waals surface area contributed by atoms with E-state index in [1.807, 2.05) is 80.6 Å². The Morgan fingerprint density at radius 2 is 1.73 bits per heavy atom. The summed E-state index contributed by atoms with van der Waals surface area (Å²) in [6.07, 6.45) is 1.56. The molecular formula is C24H23BrN2O3. The maximum atomic E-state index is 12.0. The molecule has 3 aromatic carbocycles. The number of ether oxygens (including phenoxy) is 2. The van der Waals surface area contributed by atoms with Crippen LogP contribution in [0.4, 0.5) is 0 Å². The molecule has 0 atom stereocenters. The van der Waals surface area contributed by atoms with Gasteiger partial charge in [-0.3, -0.25) is 4.79 Å². The van der Waals surface area contributed by atoms with Crippen molar-refractivity contribution < 1.29 is 14.3 Å². The molecule has 0 fully saturated rings. The van der Waals surface area contributed by atoms with E-state index in [-0.39, 0.29) is 12.5 Å². The van der Waals surface area contributed by atoms with Crippen molar-refractivity contribution in [1.29, 1.82) is 0 Å². The van der Waals surface area contributed by atoms with Gasteiger partial charge in [-0.05, 0) is 60.9 Å². The molecular weight excluding hydrogens is 444 g/mol. The highest BCUT2D eigenvalue weighted by atomic mass is 79.9. The van der Waals surface area contributed by atoms with E-state index in [1.54, 1.807) is 6.21 Å². The fourth-order valence-electron chi connectivity index (χ4n) is 2.86. The smallest absolute Gasteiger partial charge is 0.277 e. The molecule has 1 N–H and O–H groups in total. The molecule has 0 aromatic heterocycles. The first-order chi connectivity index (χ1) is 14.5. The minimum atomic E-state index is -0.341. The number of halogens is 1. The van der Waals surface area contributed by atoms with Crippen LogP contribution in [0.3, 0.4) is 0 Å². The number of amides is 1. The summed E-state index contributed by atoms with van der Waals surface area (Å²) in [5.41, 5.74) is 6.47. The van der Waals surface area contributed by atoms with E-state index in [9.17, 15) is 4.79 Å². The second-order valence-corrected chi connectivity index (χ2v) is 7.78. The third-order valence-electron chi connectivity index (χ3n) is 4.17. The van der Waals surface area contributed by atoms with E-state index in [2.05, 4.69) is 26.5 Å². The second-order valence-electron chi connectivity index (χ2n) is 6.86. The van der Waals surface area contributed by atoms with Crippen molar-refractivity contribution in [2.45, 2.75) is 20.5 Å². The van der Waals surface area contributed by atoms with Gasteiger partial charge in [-0.15, -0.1) is 0 Å². The van der Waals surface area contributed by atoms with Crippen LogP contribution in [0.5, 0.6) is 11.5 Å². The van der Waals surface area contributed by atoms with Crippen LogP contribution in [0.2, 0.25) is 0 Å². The minimum absolute atomic E-state index is 0.115. The van der Waals surface area contributed by atoms with E-state index < -0.39 is 0 Å². The molecule has 3 aromatic rings. The van der Waals surface area contributed by atoms with Crippen LogP contribution in [0.15, 0.2) is 76.3 Å². The molecule has 1 amide bonds. The summed E-state index contributed by atoms with van der Waals surface area (Å²) in [6, 6.07) is 21.4. The third kappa shape index (κ3) is 6.74. The van der Waals surface area contributed by atoms with E-state index in [0.29, 0.717) is 18.1 Å².